The number of benzene rings is 1. The van der Waals surface area contributed by atoms with Gasteiger partial charge in [-0.25, -0.2) is 8.42 Å². The van der Waals surface area contributed by atoms with Crippen molar-refractivity contribution in [1.82, 2.24) is 5.32 Å². The third-order valence-corrected chi connectivity index (χ3v) is 5.10. The Morgan fingerprint density at radius 2 is 1.83 bits per heavy atom. The summed E-state index contributed by atoms with van der Waals surface area (Å²) in [5, 5.41) is 2.93. The molecule has 0 saturated heterocycles. The van der Waals surface area contributed by atoms with Gasteiger partial charge in [-0.15, -0.1) is 12.4 Å². The molecule has 0 fully saturated rings. The van der Waals surface area contributed by atoms with E-state index in [0.717, 1.165) is 6.26 Å². The summed E-state index contributed by atoms with van der Waals surface area (Å²) in [5.74, 6) is 0.621. The summed E-state index contributed by atoms with van der Waals surface area (Å²) in [4.78, 5) is 12.2. The third-order valence-electron chi connectivity index (χ3n) is 3.97. The fraction of sp³-hybridized carbons (Fsp3) is 0.562. The second kappa shape index (κ2) is 9.25. The number of nitrogens with one attached hydrogen (secondary N) is 1. The van der Waals surface area contributed by atoms with Crippen LogP contribution in [0.25, 0.3) is 0 Å². The molecule has 0 aliphatic rings. The Labute approximate surface area is 150 Å². The Morgan fingerprint density at radius 3 is 2.25 bits per heavy atom. The number of nitrogens with two attached hydrogens (primary N) is 1. The van der Waals surface area contributed by atoms with Gasteiger partial charge >= 0.3 is 0 Å². The zero-order valence-corrected chi connectivity index (χ0v) is 16.2. The van der Waals surface area contributed by atoms with Gasteiger partial charge in [0.15, 0.2) is 9.84 Å². The van der Waals surface area contributed by atoms with Crippen molar-refractivity contribution in [2.45, 2.75) is 37.6 Å². The topological polar surface area (TPSA) is 98.5 Å². The number of rotatable bonds is 8. The Balaban J connectivity index is 0.00000529. The lowest BCUT2D eigenvalue weighted by Gasteiger charge is -2.33. The minimum absolute atomic E-state index is 0. The highest BCUT2D eigenvalue weighted by Crippen LogP contribution is 2.17. The van der Waals surface area contributed by atoms with E-state index in [-0.39, 0.29) is 42.2 Å². The van der Waals surface area contributed by atoms with Gasteiger partial charge in [-0.3, -0.25) is 4.79 Å². The molecule has 6 nitrogen and oxygen atoms in total. The molecule has 1 aromatic rings. The molecule has 0 aliphatic carbocycles. The highest BCUT2D eigenvalue weighted by Gasteiger charge is 2.28. The van der Waals surface area contributed by atoms with Gasteiger partial charge in [0.1, 0.15) is 5.75 Å². The lowest BCUT2D eigenvalue weighted by molar-refractivity contribution is -0.123. The quantitative estimate of drug-likeness (QED) is 0.718. The minimum Gasteiger partial charge on any atom is -0.493 e. The Hall–Kier alpha value is -1.31. The Morgan fingerprint density at radius 1 is 1.29 bits per heavy atom. The molecule has 1 aromatic carbocycles. The van der Waals surface area contributed by atoms with Crippen molar-refractivity contribution in [3.63, 3.8) is 0 Å². The molecular weight excluding hydrogens is 352 g/mol. The first-order valence-electron chi connectivity index (χ1n) is 7.52. The van der Waals surface area contributed by atoms with E-state index in [2.05, 4.69) is 5.32 Å². The van der Waals surface area contributed by atoms with E-state index >= 15 is 0 Å². The standard InChI is InChI=1S/C16H26N2O4S.ClH/c1-12(2)16(3,11-17)18-15(19)9-10-22-13-5-7-14(8-6-13)23(4,20)21;/h5-8,12H,9-11,17H2,1-4H3,(H,18,19);1H. The molecule has 138 valence electrons. The fourth-order valence-electron chi connectivity index (χ4n) is 1.86. The van der Waals surface area contributed by atoms with E-state index in [9.17, 15) is 13.2 Å². The number of sulfone groups is 1. The monoisotopic (exact) mass is 378 g/mol. The maximum atomic E-state index is 12.0. The predicted octanol–water partition coefficient (Wildman–Crippen LogP) is 1.77. The summed E-state index contributed by atoms with van der Waals surface area (Å²) >= 11 is 0. The van der Waals surface area contributed by atoms with Crippen molar-refractivity contribution < 1.29 is 17.9 Å². The number of amides is 1. The van der Waals surface area contributed by atoms with Crippen molar-refractivity contribution in [3.05, 3.63) is 24.3 Å². The van der Waals surface area contributed by atoms with Crippen LogP contribution in [0.5, 0.6) is 5.75 Å². The van der Waals surface area contributed by atoms with Crippen LogP contribution in [0.2, 0.25) is 0 Å². The van der Waals surface area contributed by atoms with Crippen molar-refractivity contribution >= 4 is 28.2 Å². The first-order chi connectivity index (χ1) is 10.6. The summed E-state index contributed by atoms with van der Waals surface area (Å²) in [6.45, 7) is 6.51. The molecule has 1 rings (SSSR count). The van der Waals surface area contributed by atoms with Crippen LogP contribution < -0.4 is 15.8 Å². The summed E-state index contributed by atoms with van der Waals surface area (Å²) in [6.07, 6.45) is 1.35. The van der Waals surface area contributed by atoms with Crippen LogP contribution in [-0.2, 0) is 14.6 Å². The normalized spacial score (nSPS) is 13.8. The van der Waals surface area contributed by atoms with Crippen LogP contribution >= 0.6 is 12.4 Å². The number of hydrogen-bond acceptors (Lipinski definition) is 5. The highest BCUT2D eigenvalue weighted by molar-refractivity contribution is 7.90. The summed E-state index contributed by atoms with van der Waals surface area (Å²) in [7, 11) is -3.22. The fourth-order valence-corrected chi connectivity index (χ4v) is 2.49. The van der Waals surface area contributed by atoms with E-state index < -0.39 is 15.4 Å². The van der Waals surface area contributed by atoms with E-state index in [1.54, 1.807) is 12.1 Å². The first-order valence-corrected chi connectivity index (χ1v) is 9.41. The molecule has 1 atom stereocenters. The zero-order chi connectivity index (χ0) is 17.7. The molecule has 0 aromatic heterocycles. The average molecular weight is 379 g/mol. The number of halogens is 1. The molecule has 0 aliphatic heterocycles. The van der Waals surface area contributed by atoms with E-state index in [4.69, 9.17) is 10.5 Å². The molecule has 0 bridgehead atoms. The van der Waals surface area contributed by atoms with E-state index in [0.29, 0.717) is 12.3 Å². The molecule has 0 heterocycles. The SMILES string of the molecule is CC(C)C(C)(CN)NC(=O)CCOc1ccc(S(C)(=O)=O)cc1.Cl. The molecule has 24 heavy (non-hydrogen) atoms. The lowest BCUT2D eigenvalue weighted by Crippen LogP contribution is -2.55. The highest BCUT2D eigenvalue weighted by atomic mass is 35.5. The molecule has 0 saturated carbocycles. The molecular formula is C16H27ClN2O4S. The van der Waals surface area contributed by atoms with Gasteiger partial charge in [0.2, 0.25) is 5.91 Å². The third kappa shape index (κ3) is 6.67. The van der Waals surface area contributed by atoms with Crippen LogP contribution in [-0.4, -0.2) is 39.3 Å². The predicted molar refractivity (Wildman–Crippen MR) is 97.4 cm³/mol. The maximum Gasteiger partial charge on any atom is 0.223 e. The van der Waals surface area contributed by atoms with Crippen molar-refractivity contribution in [3.8, 4) is 5.75 Å². The van der Waals surface area contributed by atoms with Gasteiger partial charge in [0, 0.05) is 12.8 Å². The number of ether oxygens (including phenoxy) is 1. The largest absolute Gasteiger partial charge is 0.493 e. The summed E-state index contributed by atoms with van der Waals surface area (Å²) in [5.41, 5.74) is 5.29. The van der Waals surface area contributed by atoms with Crippen LogP contribution in [0.15, 0.2) is 29.2 Å². The molecule has 1 unspecified atom stereocenters. The van der Waals surface area contributed by atoms with Gasteiger partial charge in [-0.05, 0) is 37.1 Å². The Kier molecular flexibility index (Phi) is 8.74. The molecule has 1 amide bonds. The second-order valence-corrected chi connectivity index (χ2v) is 8.18. The van der Waals surface area contributed by atoms with Gasteiger partial charge in [0.25, 0.3) is 0 Å². The maximum absolute atomic E-state index is 12.0. The van der Waals surface area contributed by atoms with Crippen molar-refractivity contribution in [1.29, 1.82) is 0 Å². The van der Waals surface area contributed by atoms with E-state index in [1.807, 2.05) is 20.8 Å². The van der Waals surface area contributed by atoms with Crippen molar-refractivity contribution in [2.75, 3.05) is 19.4 Å². The van der Waals surface area contributed by atoms with Crippen LogP contribution in [0, 0.1) is 5.92 Å². The molecule has 3 N–H and O–H groups in total. The van der Waals surface area contributed by atoms with Crippen molar-refractivity contribution in [2.24, 2.45) is 11.7 Å². The van der Waals surface area contributed by atoms with Gasteiger partial charge in [-0.1, -0.05) is 13.8 Å². The molecule has 8 heteroatoms. The zero-order valence-electron chi connectivity index (χ0n) is 14.5. The number of carbonyl (C=O) groups excluding carboxylic acids is 1. The van der Waals surface area contributed by atoms with E-state index in [1.165, 1.54) is 12.1 Å². The minimum atomic E-state index is -3.22. The second-order valence-electron chi connectivity index (χ2n) is 6.17. The van der Waals surface area contributed by atoms with Gasteiger partial charge in [-0.2, -0.15) is 0 Å². The Bertz CT molecular complexity index is 632. The van der Waals surface area contributed by atoms with Crippen LogP contribution in [0.3, 0.4) is 0 Å². The molecule has 0 radical (unpaired) electrons. The number of hydrogen-bond donors (Lipinski definition) is 2. The summed E-state index contributed by atoms with van der Waals surface area (Å²) < 4.78 is 28.2. The summed E-state index contributed by atoms with van der Waals surface area (Å²) in [6, 6.07) is 6.11. The van der Waals surface area contributed by atoms with Gasteiger partial charge in [0.05, 0.1) is 23.5 Å². The number of carbonyl (C=O) groups is 1. The van der Waals surface area contributed by atoms with Crippen LogP contribution in [0.4, 0.5) is 0 Å². The van der Waals surface area contributed by atoms with Crippen LogP contribution in [0.1, 0.15) is 27.2 Å². The smallest absolute Gasteiger partial charge is 0.223 e. The first kappa shape index (κ1) is 22.7. The van der Waals surface area contributed by atoms with Gasteiger partial charge < -0.3 is 15.8 Å². The average Bonchev–Trinajstić information content (AvgIpc) is 2.46. The lowest BCUT2D eigenvalue weighted by atomic mass is 9.88. The molecule has 0 spiro atoms.